The second-order valence-electron chi connectivity index (χ2n) is 6.07. The summed E-state index contributed by atoms with van der Waals surface area (Å²) in [6.07, 6.45) is 2.61. The summed E-state index contributed by atoms with van der Waals surface area (Å²) in [6, 6.07) is 0.614. The monoisotopic (exact) mass is 240 g/mol. The van der Waals surface area contributed by atoms with E-state index in [-0.39, 0.29) is 0 Å². The van der Waals surface area contributed by atoms with Crippen LogP contribution >= 0.6 is 0 Å². The van der Waals surface area contributed by atoms with Crippen LogP contribution < -0.4 is 5.32 Å². The minimum absolute atomic E-state index is 0.614. The predicted octanol–water partition coefficient (Wildman–Crippen LogP) is 1.59. The number of hydrogen-bond acceptors (Lipinski definition) is 3. The Hall–Kier alpha value is -0.120. The Morgan fingerprint density at radius 2 is 2.12 bits per heavy atom. The first kappa shape index (κ1) is 13.3. The third-order valence-corrected chi connectivity index (χ3v) is 4.61. The molecule has 3 heteroatoms. The standard InChI is InChI=1S/C14H28N2O/c1-11(2)12-4-6-16(8-12)9-14(15-3)13-5-7-17-10-13/h11-15H,4-10H2,1-3H3. The SMILES string of the molecule is CNC(CN1CCC(C(C)C)C1)C1CCOC1. The van der Waals surface area contributed by atoms with Gasteiger partial charge in [-0.2, -0.15) is 0 Å². The summed E-state index contributed by atoms with van der Waals surface area (Å²) < 4.78 is 5.51. The highest BCUT2D eigenvalue weighted by atomic mass is 16.5. The molecule has 0 radical (unpaired) electrons. The van der Waals surface area contributed by atoms with E-state index in [0.717, 1.165) is 31.0 Å². The summed E-state index contributed by atoms with van der Waals surface area (Å²) in [7, 11) is 2.10. The van der Waals surface area contributed by atoms with Crippen molar-refractivity contribution >= 4 is 0 Å². The van der Waals surface area contributed by atoms with Crippen molar-refractivity contribution in [2.45, 2.75) is 32.7 Å². The lowest BCUT2D eigenvalue weighted by Crippen LogP contribution is -2.43. The molecule has 3 unspecified atom stereocenters. The van der Waals surface area contributed by atoms with Crippen LogP contribution in [0, 0.1) is 17.8 Å². The van der Waals surface area contributed by atoms with Crippen molar-refractivity contribution in [3.63, 3.8) is 0 Å². The van der Waals surface area contributed by atoms with E-state index in [0.29, 0.717) is 6.04 Å². The van der Waals surface area contributed by atoms with Gasteiger partial charge >= 0.3 is 0 Å². The van der Waals surface area contributed by atoms with Crippen LogP contribution in [-0.2, 0) is 4.74 Å². The maximum atomic E-state index is 5.51. The maximum absolute atomic E-state index is 5.51. The molecular weight excluding hydrogens is 212 g/mol. The Morgan fingerprint density at radius 3 is 2.65 bits per heavy atom. The lowest BCUT2D eigenvalue weighted by molar-refractivity contribution is 0.167. The smallest absolute Gasteiger partial charge is 0.0510 e. The Morgan fingerprint density at radius 1 is 1.29 bits per heavy atom. The molecule has 0 aromatic heterocycles. The van der Waals surface area contributed by atoms with E-state index in [1.54, 1.807) is 0 Å². The van der Waals surface area contributed by atoms with E-state index >= 15 is 0 Å². The molecule has 0 spiro atoms. The van der Waals surface area contributed by atoms with E-state index in [4.69, 9.17) is 4.74 Å². The number of nitrogens with one attached hydrogen (secondary N) is 1. The van der Waals surface area contributed by atoms with Gasteiger partial charge < -0.3 is 15.0 Å². The molecule has 2 rings (SSSR count). The molecule has 2 aliphatic heterocycles. The summed E-state index contributed by atoms with van der Waals surface area (Å²) in [5.74, 6) is 2.47. The van der Waals surface area contributed by atoms with Crippen LogP contribution in [-0.4, -0.2) is 50.8 Å². The molecule has 2 saturated heterocycles. The first-order valence-corrected chi connectivity index (χ1v) is 7.18. The van der Waals surface area contributed by atoms with Gasteiger partial charge in [-0.3, -0.25) is 0 Å². The Labute approximate surface area is 106 Å². The molecule has 0 amide bonds. The minimum atomic E-state index is 0.614. The van der Waals surface area contributed by atoms with Crippen molar-refractivity contribution < 1.29 is 4.74 Å². The number of likely N-dealkylation sites (tertiary alicyclic amines) is 1. The highest BCUT2D eigenvalue weighted by molar-refractivity contribution is 4.85. The third-order valence-electron chi connectivity index (χ3n) is 4.61. The van der Waals surface area contributed by atoms with Crippen LogP contribution in [0.25, 0.3) is 0 Å². The van der Waals surface area contributed by atoms with Crippen LogP contribution in [0.2, 0.25) is 0 Å². The van der Waals surface area contributed by atoms with Gasteiger partial charge in [-0.1, -0.05) is 13.8 Å². The molecule has 2 aliphatic rings. The second kappa shape index (κ2) is 6.17. The Balaban J connectivity index is 1.79. The number of ether oxygens (including phenoxy) is 1. The molecule has 100 valence electrons. The Bertz CT molecular complexity index is 226. The average molecular weight is 240 g/mol. The van der Waals surface area contributed by atoms with Crippen molar-refractivity contribution in [2.75, 3.05) is 39.9 Å². The molecule has 3 atom stereocenters. The zero-order valence-corrected chi connectivity index (χ0v) is 11.6. The number of hydrogen-bond donors (Lipinski definition) is 1. The second-order valence-corrected chi connectivity index (χ2v) is 6.07. The van der Waals surface area contributed by atoms with E-state index in [1.165, 1.54) is 32.5 Å². The van der Waals surface area contributed by atoms with Gasteiger partial charge in [-0.25, -0.2) is 0 Å². The summed E-state index contributed by atoms with van der Waals surface area (Å²) in [4.78, 5) is 2.64. The fourth-order valence-electron chi connectivity index (χ4n) is 3.20. The zero-order chi connectivity index (χ0) is 12.3. The van der Waals surface area contributed by atoms with Crippen molar-refractivity contribution in [3.8, 4) is 0 Å². The van der Waals surface area contributed by atoms with Crippen molar-refractivity contribution in [3.05, 3.63) is 0 Å². The molecule has 0 aromatic carbocycles. The molecule has 0 aliphatic carbocycles. The van der Waals surface area contributed by atoms with E-state index in [2.05, 4.69) is 31.1 Å². The predicted molar refractivity (Wildman–Crippen MR) is 71.2 cm³/mol. The van der Waals surface area contributed by atoms with Crippen LogP contribution in [0.15, 0.2) is 0 Å². The van der Waals surface area contributed by atoms with Gasteiger partial charge in [-0.05, 0) is 38.3 Å². The van der Waals surface area contributed by atoms with E-state index < -0.39 is 0 Å². The fraction of sp³-hybridized carbons (Fsp3) is 1.00. The first-order chi connectivity index (χ1) is 8.20. The van der Waals surface area contributed by atoms with Crippen LogP contribution in [0.5, 0.6) is 0 Å². The largest absolute Gasteiger partial charge is 0.381 e. The van der Waals surface area contributed by atoms with Crippen LogP contribution in [0.3, 0.4) is 0 Å². The van der Waals surface area contributed by atoms with E-state index in [1.807, 2.05) is 0 Å². The maximum Gasteiger partial charge on any atom is 0.0510 e. The first-order valence-electron chi connectivity index (χ1n) is 7.18. The number of nitrogens with zero attached hydrogens (tertiary/aromatic N) is 1. The molecule has 2 fully saturated rings. The zero-order valence-electron chi connectivity index (χ0n) is 11.6. The highest BCUT2D eigenvalue weighted by Crippen LogP contribution is 2.25. The normalized spacial score (nSPS) is 32.5. The third kappa shape index (κ3) is 3.43. The van der Waals surface area contributed by atoms with Gasteiger partial charge in [0.15, 0.2) is 0 Å². The molecule has 2 heterocycles. The summed E-state index contributed by atoms with van der Waals surface area (Å²) in [5.41, 5.74) is 0. The van der Waals surface area contributed by atoms with Gasteiger partial charge in [0.1, 0.15) is 0 Å². The van der Waals surface area contributed by atoms with Gasteiger partial charge in [0, 0.05) is 31.7 Å². The van der Waals surface area contributed by atoms with Gasteiger partial charge in [0.25, 0.3) is 0 Å². The molecule has 1 N–H and O–H groups in total. The average Bonchev–Trinajstić information content (AvgIpc) is 2.96. The Kier molecular flexibility index (Phi) is 4.83. The molecular formula is C14H28N2O. The lowest BCUT2D eigenvalue weighted by atomic mass is 9.95. The highest BCUT2D eigenvalue weighted by Gasteiger charge is 2.30. The van der Waals surface area contributed by atoms with Crippen molar-refractivity contribution in [1.29, 1.82) is 0 Å². The van der Waals surface area contributed by atoms with Gasteiger partial charge in [0.2, 0.25) is 0 Å². The van der Waals surface area contributed by atoms with Gasteiger partial charge in [-0.15, -0.1) is 0 Å². The number of rotatable bonds is 5. The van der Waals surface area contributed by atoms with Gasteiger partial charge in [0.05, 0.1) is 6.61 Å². The van der Waals surface area contributed by atoms with Crippen LogP contribution in [0.1, 0.15) is 26.7 Å². The van der Waals surface area contributed by atoms with E-state index in [9.17, 15) is 0 Å². The molecule has 0 saturated carbocycles. The van der Waals surface area contributed by atoms with Crippen molar-refractivity contribution in [2.24, 2.45) is 17.8 Å². The topological polar surface area (TPSA) is 24.5 Å². The number of likely N-dealkylation sites (N-methyl/N-ethyl adjacent to an activating group) is 1. The summed E-state index contributed by atoms with van der Waals surface area (Å²) in [5, 5.41) is 3.49. The van der Waals surface area contributed by atoms with Crippen molar-refractivity contribution in [1.82, 2.24) is 10.2 Å². The summed E-state index contributed by atoms with van der Waals surface area (Å²) >= 11 is 0. The quantitative estimate of drug-likeness (QED) is 0.790. The molecule has 0 aromatic rings. The molecule has 17 heavy (non-hydrogen) atoms. The van der Waals surface area contributed by atoms with Crippen LogP contribution in [0.4, 0.5) is 0 Å². The minimum Gasteiger partial charge on any atom is -0.381 e. The molecule has 0 bridgehead atoms. The summed E-state index contributed by atoms with van der Waals surface area (Å²) in [6.45, 7) is 10.4. The lowest BCUT2D eigenvalue weighted by Gasteiger charge is -2.27. The fourth-order valence-corrected chi connectivity index (χ4v) is 3.20. The molecule has 3 nitrogen and oxygen atoms in total.